The maximum atomic E-state index is 13.5. The number of aryl methyl sites for hydroxylation is 1. The van der Waals surface area contributed by atoms with Crippen molar-refractivity contribution in [1.82, 2.24) is 0 Å². The average Bonchev–Trinajstić information content (AvgIpc) is 2.13. The molecule has 0 aromatic heterocycles. The second-order valence-electron chi connectivity index (χ2n) is 2.84. The Morgan fingerprint density at radius 2 is 2.14 bits per heavy atom. The zero-order chi connectivity index (χ0) is 10.9. The zero-order valence-corrected chi connectivity index (χ0v) is 9.06. The van der Waals surface area contributed by atoms with Crippen molar-refractivity contribution in [3.63, 3.8) is 0 Å². The van der Waals surface area contributed by atoms with Crippen LogP contribution >= 0.6 is 15.9 Å². The van der Waals surface area contributed by atoms with Gasteiger partial charge >= 0.3 is 5.97 Å². The molecule has 2 nitrogen and oxygen atoms in total. The van der Waals surface area contributed by atoms with Crippen molar-refractivity contribution in [2.45, 2.75) is 6.92 Å². The largest absolute Gasteiger partial charge is 0.478 e. The fourth-order valence-corrected chi connectivity index (χ4v) is 1.34. The van der Waals surface area contributed by atoms with Crippen LogP contribution in [0.15, 0.2) is 23.2 Å². The molecule has 0 radical (unpaired) electrons. The Hall–Kier alpha value is -1.16. The number of hydrogen-bond acceptors (Lipinski definition) is 1. The third-order valence-electron chi connectivity index (χ3n) is 1.86. The predicted molar refractivity (Wildman–Crippen MR) is 55.5 cm³/mol. The number of rotatable bonds is 2. The maximum absolute atomic E-state index is 13.5. The summed E-state index contributed by atoms with van der Waals surface area (Å²) in [5.41, 5.74) is 0.475. The molecule has 0 aliphatic carbocycles. The highest BCUT2D eigenvalue weighted by Crippen LogP contribution is 2.26. The van der Waals surface area contributed by atoms with E-state index in [0.29, 0.717) is 5.56 Å². The molecule has 0 saturated heterocycles. The lowest BCUT2D eigenvalue weighted by Gasteiger charge is -2.06. The summed E-state index contributed by atoms with van der Waals surface area (Å²) in [7, 11) is 0. The second-order valence-corrected chi connectivity index (χ2v) is 3.63. The molecular formula is C10H8BrFO2. The van der Waals surface area contributed by atoms with Gasteiger partial charge in [0.05, 0.1) is 10.0 Å². The summed E-state index contributed by atoms with van der Waals surface area (Å²) < 4.78 is 13.8. The van der Waals surface area contributed by atoms with Gasteiger partial charge in [0, 0.05) is 5.56 Å². The van der Waals surface area contributed by atoms with Gasteiger partial charge in [-0.1, -0.05) is 18.7 Å². The normalized spacial score (nSPS) is 9.93. The molecule has 0 aliphatic heterocycles. The summed E-state index contributed by atoms with van der Waals surface area (Å²) in [4.78, 5) is 10.6. The molecule has 0 unspecified atom stereocenters. The molecule has 1 aromatic rings. The third kappa shape index (κ3) is 1.85. The van der Waals surface area contributed by atoms with Gasteiger partial charge in [-0.2, -0.15) is 0 Å². The fourth-order valence-electron chi connectivity index (χ4n) is 0.994. The van der Waals surface area contributed by atoms with Gasteiger partial charge in [-0.25, -0.2) is 9.18 Å². The monoisotopic (exact) mass is 258 g/mol. The van der Waals surface area contributed by atoms with Crippen LogP contribution < -0.4 is 0 Å². The number of aliphatic carboxylic acids is 1. The molecule has 0 aliphatic rings. The summed E-state index contributed by atoms with van der Waals surface area (Å²) in [6.07, 6.45) is 0. The van der Waals surface area contributed by atoms with Crippen molar-refractivity contribution < 1.29 is 14.3 Å². The Kier molecular flexibility index (Phi) is 3.06. The van der Waals surface area contributed by atoms with Crippen molar-refractivity contribution >= 4 is 27.5 Å². The smallest absolute Gasteiger partial charge is 0.335 e. The fraction of sp³-hybridized carbons (Fsp3) is 0.100. The summed E-state index contributed by atoms with van der Waals surface area (Å²) in [6, 6.07) is 3.04. The Bertz CT molecular complexity index is 413. The minimum Gasteiger partial charge on any atom is -0.478 e. The summed E-state index contributed by atoms with van der Waals surface area (Å²) in [5, 5.41) is 8.64. The van der Waals surface area contributed by atoms with Crippen LogP contribution in [-0.4, -0.2) is 11.1 Å². The topological polar surface area (TPSA) is 37.3 Å². The molecule has 1 rings (SSSR count). The van der Waals surface area contributed by atoms with Crippen molar-refractivity contribution in [3.05, 3.63) is 40.1 Å². The van der Waals surface area contributed by atoms with Gasteiger partial charge in [-0.3, -0.25) is 0 Å². The zero-order valence-electron chi connectivity index (χ0n) is 7.47. The van der Waals surface area contributed by atoms with Gasteiger partial charge in [-0.15, -0.1) is 0 Å². The number of benzene rings is 1. The van der Waals surface area contributed by atoms with Crippen molar-refractivity contribution in [2.24, 2.45) is 0 Å². The van der Waals surface area contributed by atoms with Crippen LogP contribution in [0.1, 0.15) is 11.1 Å². The van der Waals surface area contributed by atoms with Crippen LogP contribution in [0.25, 0.3) is 5.57 Å². The summed E-state index contributed by atoms with van der Waals surface area (Å²) >= 11 is 3.04. The van der Waals surface area contributed by atoms with E-state index in [1.807, 2.05) is 0 Å². The lowest BCUT2D eigenvalue weighted by atomic mass is 10.1. The van der Waals surface area contributed by atoms with Gasteiger partial charge in [0.15, 0.2) is 0 Å². The van der Waals surface area contributed by atoms with Gasteiger partial charge in [-0.05, 0) is 28.4 Å². The van der Waals surface area contributed by atoms with Crippen LogP contribution in [-0.2, 0) is 4.79 Å². The first-order valence-corrected chi connectivity index (χ1v) is 4.61. The van der Waals surface area contributed by atoms with E-state index in [2.05, 4.69) is 22.5 Å². The first-order valence-electron chi connectivity index (χ1n) is 3.82. The first-order chi connectivity index (χ1) is 6.45. The molecule has 14 heavy (non-hydrogen) atoms. The molecule has 74 valence electrons. The van der Waals surface area contributed by atoms with E-state index >= 15 is 0 Å². The molecule has 0 amide bonds. The van der Waals surface area contributed by atoms with Gasteiger partial charge in [0.2, 0.25) is 0 Å². The predicted octanol–water partition coefficient (Wildman–Crippen LogP) is 2.99. The number of carboxylic acids is 1. The molecule has 0 fully saturated rings. The van der Waals surface area contributed by atoms with Crippen molar-refractivity contribution in [1.29, 1.82) is 0 Å². The minimum atomic E-state index is -1.22. The highest BCUT2D eigenvalue weighted by molar-refractivity contribution is 9.10. The number of hydrogen-bond donors (Lipinski definition) is 1. The van der Waals surface area contributed by atoms with Crippen LogP contribution in [0.2, 0.25) is 0 Å². The van der Waals surface area contributed by atoms with E-state index < -0.39 is 11.8 Å². The van der Waals surface area contributed by atoms with Crippen LogP contribution in [0, 0.1) is 12.7 Å². The lowest BCUT2D eigenvalue weighted by Crippen LogP contribution is -2.01. The van der Waals surface area contributed by atoms with E-state index in [4.69, 9.17) is 5.11 Å². The number of carboxylic acid groups (broad SMARTS) is 1. The van der Waals surface area contributed by atoms with Crippen LogP contribution in [0.4, 0.5) is 4.39 Å². The molecule has 0 spiro atoms. The Morgan fingerprint density at radius 3 is 2.64 bits per heavy atom. The van der Waals surface area contributed by atoms with Crippen LogP contribution in [0.3, 0.4) is 0 Å². The van der Waals surface area contributed by atoms with Crippen molar-refractivity contribution in [3.8, 4) is 0 Å². The summed E-state index contributed by atoms with van der Waals surface area (Å²) in [5.74, 6) is -1.81. The number of halogens is 2. The molecular weight excluding hydrogens is 251 g/mol. The molecule has 1 aromatic carbocycles. The van der Waals surface area contributed by atoms with E-state index in [-0.39, 0.29) is 15.6 Å². The maximum Gasteiger partial charge on any atom is 0.335 e. The molecule has 0 heterocycles. The molecule has 4 heteroatoms. The second kappa shape index (κ2) is 3.92. The Balaban J connectivity index is 3.31. The quantitative estimate of drug-likeness (QED) is 0.829. The standard InChI is InChI=1S/C10H8BrFO2/c1-5-3-4-7(6(2)10(13)14)9(12)8(5)11/h3-4H,2H2,1H3,(H,13,14). The molecule has 0 bridgehead atoms. The Morgan fingerprint density at radius 1 is 1.57 bits per heavy atom. The van der Waals surface area contributed by atoms with E-state index in [1.54, 1.807) is 13.0 Å². The molecule has 0 saturated carbocycles. The highest BCUT2D eigenvalue weighted by atomic mass is 79.9. The van der Waals surface area contributed by atoms with Crippen LogP contribution in [0.5, 0.6) is 0 Å². The van der Waals surface area contributed by atoms with E-state index in [9.17, 15) is 9.18 Å². The number of carbonyl (C=O) groups is 1. The lowest BCUT2D eigenvalue weighted by molar-refractivity contribution is -0.130. The van der Waals surface area contributed by atoms with Gasteiger partial charge in [0.1, 0.15) is 5.82 Å². The van der Waals surface area contributed by atoms with E-state index in [0.717, 1.165) is 0 Å². The SMILES string of the molecule is C=C(C(=O)O)c1ccc(C)c(Br)c1F. The Labute approximate surface area is 89.2 Å². The minimum absolute atomic E-state index is 0.00924. The van der Waals surface area contributed by atoms with Gasteiger partial charge in [0.25, 0.3) is 0 Å². The van der Waals surface area contributed by atoms with Gasteiger partial charge < -0.3 is 5.11 Å². The third-order valence-corrected chi connectivity index (χ3v) is 2.83. The first kappa shape index (κ1) is 10.9. The molecule has 1 N–H and O–H groups in total. The highest BCUT2D eigenvalue weighted by Gasteiger charge is 2.15. The van der Waals surface area contributed by atoms with Crippen molar-refractivity contribution in [2.75, 3.05) is 0 Å². The summed E-state index contributed by atoms with van der Waals surface area (Å²) in [6.45, 7) is 5.02. The molecule has 0 atom stereocenters. The average molecular weight is 259 g/mol. The van der Waals surface area contributed by atoms with E-state index in [1.165, 1.54) is 6.07 Å².